The van der Waals surface area contributed by atoms with Gasteiger partial charge in [-0.2, -0.15) is 5.26 Å². The molecule has 1 aromatic heterocycles. The maximum Gasteiger partial charge on any atom is 0.255 e. The molecule has 0 bridgehead atoms. The minimum Gasteiger partial charge on any atom is -0.384 e. The average molecular weight is 373 g/mol. The van der Waals surface area contributed by atoms with E-state index in [0.717, 1.165) is 15.6 Å². The number of amides is 1. The fourth-order valence-electron chi connectivity index (χ4n) is 2.85. The van der Waals surface area contributed by atoms with Gasteiger partial charge in [0.25, 0.3) is 5.91 Å². The van der Waals surface area contributed by atoms with Crippen LogP contribution < -0.4 is 25.8 Å². The molecule has 132 valence electrons. The number of thiophene rings is 1. The predicted octanol–water partition coefficient (Wildman–Crippen LogP) is 1.99. The molecule has 2 aromatic carbocycles. The molecule has 1 aliphatic heterocycles. The van der Waals surface area contributed by atoms with Gasteiger partial charge in [0.15, 0.2) is 0 Å². The van der Waals surface area contributed by atoms with Crippen molar-refractivity contribution in [2.24, 2.45) is 10.7 Å². The van der Waals surface area contributed by atoms with Gasteiger partial charge in [0.1, 0.15) is 17.2 Å². The summed E-state index contributed by atoms with van der Waals surface area (Å²) < 4.78 is 0.951. The number of hydrogen-bond acceptors (Lipinski definition) is 6. The second kappa shape index (κ2) is 6.94. The minimum atomic E-state index is -0.262. The van der Waals surface area contributed by atoms with E-state index < -0.39 is 0 Å². The lowest BCUT2D eigenvalue weighted by molar-refractivity contribution is 0.102. The molecule has 0 spiro atoms. The molecule has 0 saturated carbocycles. The van der Waals surface area contributed by atoms with Gasteiger partial charge in [0, 0.05) is 16.9 Å². The molecule has 0 atom stereocenters. The Hall–Kier alpha value is -3.63. The first kappa shape index (κ1) is 16.8. The molecule has 7 heteroatoms. The molecule has 1 amide bonds. The van der Waals surface area contributed by atoms with E-state index in [1.807, 2.05) is 46.7 Å². The highest BCUT2D eigenvalue weighted by atomic mass is 32.1. The molecule has 27 heavy (non-hydrogen) atoms. The summed E-state index contributed by atoms with van der Waals surface area (Å²) in [5.74, 6) is 0.410. The van der Waals surface area contributed by atoms with Gasteiger partial charge in [0.2, 0.25) is 0 Å². The van der Waals surface area contributed by atoms with Gasteiger partial charge in [0.05, 0.1) is 16.9 Å². The number of carbonyl (C=O) groups is 1. The predicted molar refractivity (Wildman–Crippen MR) is 106 cm³/mol. The second-order valence-corrected chi connectivity index (χ2v) is 6.84. The zero-order valence-electron chi connectivity index (χ0n) is 14.2. The van der Waals surface area contributed by atoms with Crippen molar-refractivity contribution in [1.82, 2.24) is 0 Å². The fraction of sp³-hybridized carbons (Fsp3) is 0.0500. The SMILES string of the molecule is N#Cc1cccc(C(=O)Nc2ccc(N3CN=c4sccc4=C3N)cc2)c1. The topological polar surface area (TPSA) is 94.5 Å². The summed E-state index contributed by atoms with van der Waals surface area (Å²) in [5, 5.41) is 14.7. The zero-order valence-corrected chi connectivity index (χ0v) is 15.0. The summed E-state index contributed by atoms with van der Waals surface area (Å²) in [6, 6.07) is 18.0. The van der Waals surface area contributed by atoms with Gasteiger partial charge in [-0.3, -0.25) is 9.79 Å². The van der Waals surface area contributed by atoms with Crippen LogP contribution in [0, 0.1) is 11.3 Å². The van der Waals surface area contributed by atoms with E-state index in [1.165, 1.54) is 0 Å². The summed E-state index contributed by atoms with van der Waals surface area (Å²) >= 11 is 1.57. The standard InChI is InChI=1S/C20H15N5OS/c21-11-13-2-1-3-14(10-13)19(26)24-15-4-6-16(7-5-15)25-12-23-20-17(18(25)22)8-9-27-20/h1-10H,12,22H2,(H,24,26). The lowest BCUT2D eigenvalue weighted by Crippen LogP contribution is -2.41. The highest BCUT2D eigenvalue weighted by molar-refractivity contribution is 7.07. The number of anilines is 2. The van der Waals surface area contributed by atoms with Crippen molar-refractivity contribution in [3.63, 3.8) is 0 Å². The molecule has 0 unspecified atom stereocenters. The Morgan fingerprint density at radius 3 is 2.81 bits per heavy atom. The maximum absolute atomic E-state index is 12.4. The van der Waals surface area contributed by atoms with Crippen LogP contribution in [-0.4, -0.2) is 12.6 Å². The van der Waals surface area contributed by atoms with Crippen LogP contribution in [0.4, 0.5) is 11.4 Å². The van der Waals surface area contributed by atoms with Crippen molar-refractivity contribution < 1.29 is 4.79 Å². The molecule has 1 aliphatic rings. The first-order valence-corrected chi connectivity index (χ1v) is 9.10. The summed E-state index contributed by atoms with van der Waals surface area (Å²) in [4.78, 5) is 18.8. The van der Waals surface area contributed by atoms with Gasteiger partial charge in [-0.15, -0.1) is 11.3 Å². The summed E-state index contributed by atoms with van der Waals surface area (Å²) in [5.41, 5.74) is 8.73. The van der Waals surface area contributed by atoms with Crippen LogP contribution in [0.15, 0.2) is 65.0 Å². The third-order valence-corrected chi connectivity index (χ3v) is 5.10. The largest absolute Gasteiger partial charge is 0.384 e. The first-order valence-electron chi connectivity index (χ1n) is 8.22. The second-order valence-electron chi connectivity index (χ2n) is 5.95. The number of nitriles is 1. The van der Waals surface area contributed by atoms with Crippen molar-refractivity contribution in [3.05, 3.63) is 81.0 Å². The third-order valence-electron chi connectivity index (χ3n) is 4.26. The molecular formula is C20H15N5OS. The van der Waals surface area contributed by atoms with Gasteiger partial charge in [-0.05, 0) is 53.9 Å². The zero-order chi connectivity index (χ0) is 18.8. The number of nitrogens with one attached hydrogen (secondary N) is 1. The van der Waals surface area contributed by atoms with Gasteiger partial charge in [-0.25, -0.2) is 0 Å². The number of benzene rings is 2. The Morgan fingerprint density at radius 2 is 2.04 bits per heavy atom. The van der Waals surface area contributed by atoms with E-state index in [9.17, 15) is 4.79 Å². The highest BCUT2D eigenvalue weighted by Crippen LogP contribution is 2.21. The van der Waals surface area contributed by atoms with Crippen LogP contribution in [-0.2, 0) is 0 Å². The Morgan fingerprint density at radius 1 is 1.22 bits per heavy atom. The number of rotatable bonds is 3. The number of carbonyl (C=O) groups excluding carboxylic acids is 1. The lowest BCUT2D eigenvalue weighted by atomic mass is 10.1. The van der Waals surface area contributed by atoms with Gasteiger partial charge in [-0.1, -0.05) is 6.07 Å². The number of nitrogens with two attached hydrogens (primary N) is 1. The van der Waals surface area contributed by atoms with Crippen molar-refractivity contribution in [1.29, 1.82) is 5.26 Å². The molecule has 3 N–H and O–H groups in total. The van der Waals surface area contributed by atoms with Gasteiger partial charge >= 0.3 is 0 Å². The van der Waals surface area contributed by atoms with Crippen LogP contribution in [0.5, 0.6) is 0 Å². The molecule has 0 radical (unpaired) electrons. The molecule has 6 nitrogen and oxygen atoms in total. The molecule has 0 aliphatic carbocycles. The summed E-state index contributed by atoms with van der Waals surface area (Å²) in [6.07, 6.45) is 0. The summed E-state index contributed by atoms with van der Waals surface area (Å²) in [7, 11) is 0. The van der Waals surface area contributed by atoms with E-state index in [1.54, 1.807) is 35.6 Å². The molecule has 3 aromatic rings. The maximum atomic E-state index is 12.4. The van der Waals surface area contributed by atoms with Crippen molar-refractivity contribution in [2.45, 2.75) is 0 Å². The van der Waals surface area contributed by atoms with Crippen molar-refractivity contribution in [3.8, 4) is 6.07 Å². The smallest absolute Gasteiger partial charge is 0.255 e. The number of hydrogen-bond donors (Lipinski definition) is 2. The normalized spacial score (nSPS) is 12.7. The Bertz CT molecular complexity index is 1170. The van der Waals surface area contributed by atoms with Crippen molar-refractivity contribution >= 4 is 34.4 Å². The monoisotopic (exact) mass is 373 g/mol. The van der Waals surface area contributed by atoms with Crippen LogP contribution in [0.3, 0.4) is 0 Å². The van der Waals surface area contributed by atoms with E-state index in [0.29, 0.717) is 29.3 Å². The Balaban J connectivity index is 1.53. The average Bonchev–Trinajstić information content (AvgIpc) is 3.19. The summed E-state index contributed by atoms with van der Waals surface area (Å²) in [6.45, 7) is 0.464. The highest BCUT2D eigenvalue weighted by Gasteiger charge is 2.14. The Kier molecular flexibility index (Phi) is 4.32. The number of fused-ring (bicyclic) bond motifs is 1. The van der Waals surface area contributed by atoms with E-state index in [-0.39, 0.29) is 5.91 Å². The van der Waals surface area contributed by atoms with Crippen molar-refractivity contribution in [2.75, 3.05) is 16.9 Å². The molecule has 0 fully saturated rings. The molecule has 4 rings (SSSR count). The van der Waals surface area contributed by atoms with E-state index in [2.05, 4.69) is 10.3 Å². The van der Waals surface area contributed by atoms with Crippen LogP contribution in [0.2, 0.25) is 0 Å². The third kappa shape index (κ3) is 3.26. The Labute approximate surface area is 159 Å². The first-order chi connectivity index (χ1) is 13.2. The molecular weight excluding hydrogens is 358 g/mol. The minimum absolute atomic E-state index is 0.262. The van der Waals surface area contributed by atoms with Crippen LogP contribution >= 0.6 is 11.3 Å². The van der Waals surface area contributed by atoms with E-state index >= 15 is 0 Å². The van der Waals surface area contributed by atoms with Crippen LogP contribution in [0.25, 0.3) is 5.82 Å². The van der Waals surface area contributed by atoms with E-state index in [4.69, 9.17) is 11.0 Å². The van der Waals surface area contributed by atoms with Gasteiger partial charge < -0.3 is 16.0 Å². The molecule has 0 saturated heterocycles. The number of nitrogens with zero attached hydrogens (tertiary/aromatic N) is 3. The van der Waals surface area contributed by atoms with Crippen LogP contribution in [0.1, 0.15) is 15.9 Å². The fourth-order valence-corrected chi connectivity index (χ4v) is 3.62. The molecule has 2 heterocycles. The lowest BCUT2D eigenvalue weighted by Gasteiger charge is -2.24. The quantitative estimate of drug-likeness (QED) is 0.734.